The normalized spacial score (nSPS) is 18.4. The molecule has 0 atom stereocenters. The largest absolute Gasteiger partial charge is 0.469 e. The Kier molecular flexibility index (Phi) is 9.32. The van der Waals surface area contributed by atoms with E-state index in [-0.39, 0.29) is 5.91 Å². The van der Waals surface area contributed by atoms with Crippen LogP contribution >= 0.6 is 0 Å². The van der Waals surface area contributed by atoms with Gasteiger partial charge in [0.15, 0.2) is 5.96 Å². The van der Waals surface area contributed by atoms with Crippen molar-refractivity contribution in [3.05, 3.63) is 24.2 Å². The van der Waals surface area contributed by atoms with Crippen molar-refractivity contribution < 1.29 is 13.9 Å². The molecule has 0 saturated carbocycles. The Morgan fingerprint density at radius 1 is 1.10 bits per heavy atom. The molecule has 0 spiro atoms. The van der Waals surface area contributed by atoms with Gasteiger partial charge in [-0.25, -0.2) is 0 Å². The van der Waals surface area contributed by atoms with Crippen molar-refractivity contribution in [3.63, 3.8) is 0 Å². The smallest absolute Gasteiger partial charge is 0.222 e. The number of likely N-dealkylation sites (tertiary alicyclic amines) is 1. The summed E-state index contributed by atoms with van der Waals surface area (Å²) in [5.74, 6) is 2.09. The second-order valence-corrected chi connectivity index (χ2v) is 7.56. The van der Waals surface area contributed by atoms with E-state index in [0.29, 0.717) is 13.0 Å². The van der Waals surface area contributed by atoms with Crippen molar-refractivity contribution in [1.29, 1.82) is 0 Å². The number of ether oxygens (including phenoxy) is 1. The summed E-state index contributed by atoms with van der Waals surface area (Å²) in [6.07, 6.45) is 6.18. The monoisotopic (exact) mass is 405 g/mol. The number of hydrogen-bond donors (Lipinski definition) is 2. The molecule has 2 N–H and O–H groups in total. The molecule has 8 nitrogen and oxygen atoms in total. The summed E-state index contributed by atoms with van der Waals surface area (Å²) in [7, 11) is 0. The maximum Gasteiger partial charge on any atom is 0.222 e. The number of guanidine groups is 1. The zero-order valence-corrected chi connectivity index (χ0v) is 17.4. The molecule has 0 aliphatic carbocycles. The van der Waals surface area contributed by atoms with E-state index in [1.165, 1.54) is 0 Å². The van der Waals surface area contributed by atoms with Crippen molar-refractivity contribution in [2.24, 2.45) is 4.99 Å². The number of rotatable bonds is 11. The van der Waals surface area contributed by atoms with Gasteiger partial charge in [0.05, 0.1) is 19.5 Å². The highest BCUT2D eigenvalue weighted by molar-refractivity contribution is 5.79. The summed E-state index contributed by atoms with van der Waals surface area (Å²) < 4.78 is 10.8. The lowest BCUT2D eigenvalue weighted by molar-refractivity contribution is -0.127. The Bertz CT molecular complexity index is 614. The molecule has 2 saturated heterocycles. The van der Waals surface area contributed by atoms with Crippen LogP contribution in [0.15, 0.2) is 27.8 Å². The predicted octanol–water partition coefficient (Wildman–Crippen LogP) is 1.09. The van der Waals surface area contributed by atoms with E-state index in [9.17, 15) is 4.79 Å². The summed E-state index contributed by atoms with van der Waals surface area (Å²) in [6, 6.07) is 3.90. The predicted molar refractivity (Wildman–Crippen MR) is 113 cm³/mol. The van der Waals surface area contributed by atoms with Crippen LogP contribution in [0.3, 0.4) is 0 Å². The van der Waals surface area contributed by atoms with Crippen molar-refractivity contribution in [2.45, 2.75) is 32.1 Å². The van der Waals surface area contributed by atoms with Gasteiger partial charge in [0, 0.05) is 58.7 Å². The quantitative estimate of drug-likeness (QED) is 0.326. The van der Waals surface area contributed by atoms with Gasteiger partial charge < -0.3 is 24.7 Å². The molecule has 0 radical (unpaired) electrons. The Balaban J connectivity index is 1.37. The number of amides is 1. The Morgan fingerprint density at radius 3 is 2.72 bits per heavy atom. The van der Waals surface area contributed by atoms with Gasteiger partial charge in [-0.05, 0) is 37.9 Å². The molecule has 29 heavy (non-hydrogen) atoms. The highest BCUT2D eigenvalue weighted by atomic mass is 16.5. The van der Waals surface area contributed by atoms with Crippen LogP contribution in [0, 0.1) is 0 Å². The average molecular weight is 406 g/mol. The molecule has 2 aliphatic heterocycles. The van der Waals surface area contributed by atoms with Crippen molar-refractivity contribution in [2.75, 3.05) is 65.6 Å². The molecule has 1 aromatic rings. The van der Waals surface area contributed by atoms with Gasteiger partial charge in [-0.15, -0.1) is 0 Å². The van der Waals surface area contributed by atoms with Crippen molar-refractivity contribution >= 4 is 11.9 Å². The fourth-order valence-corrected chi connectivity index (χ4v) is 3.66. The molecular weight excluding hydrogens is 370 g/mol. The third-order valence-electron chi connectivity index (χ3n) is 5.32. The third-order valence-corrected chi connectivity index (χ3v) is 5.32. The molecule has 0 bridgehead atoms. The lowest BCUT2D eigenvalue weighted by atomic mass is 10.3. The zero-order chi connectivity index (χ0) is 20.2. The minimum absolute atomic E-state index is 0.284. The van der Waals surface area contributed by atoms with Gasteiger partial charge in [0.25, 0.3) is 0 Å². The van der Waals surface area contributed by atoms with Crippen LogP contribution in [0.4, 0.5) is 0 Å². The number of morpholine rings is 1. The zero-order valence-electron chi connectivity index (χ0n) is 17.4. The Morgan fingerprint density at radius 2 is 1.97 bits per heavy atom. The van der Waals surface area contributed by atoms with Crippen LogP contribution in [0.5, 0.6) is 0 Å². The first kappa shape index (κ1) is 21.6. The summed E-state index contributed by atoms with van der Waals surface area (Å²) in [5, 5.41) is 6.84. The number of aliphatic imine (C=N–C) groups is 1. The molecule has 1 amide bonds. The summed E-state index contributed by atoms with van der Waals surface area (Å²) in [6.45, 7) is 8.88. The molecular formula is C21H35N5O3. The maximum atomic E-state index is 11.7. The number of carbonyl (C=O) groups excluding carboxylic acids is 1. The molecule has 2 aliphatic rings. The first-order valence-corrected chi connectivity index (χ1v) is 10.9. The van der Waals surface area contributed by atoms with E-state index in [2.05, 4.69) is 15.5 Å². The minimum atomic E-state index is 0.284. The fourth-order valence-electron chi connectivity index (χ4n) is 3.66. The van der Waals surface area contributed by atoms with Gasteiger partial charge in [-0.1, -0.05) is 0 Å². The van der Waals surface area contributed by atoms with Crippen LogP contribution in [-0.4, -0.2) is 87.2 Å². The highest BCUT2D eigenvalue weighted by Crippen LogP contribution is 2.09. The van der Waals surface area contributed by atoms with E-state index >= 15 is 0 Å². The first-order valence-electron chi connectivity index (χ1n) is 10.9. The fraction of sp³-hybridized carbons (Fsp3) is 0.714. The topological polar surface area (TPSA) is 82.3 Å². The van der Waals surface area contributed by atoms with E-state index < -0.39 is 0 Å². The van der Waals surface area contributed by atoms with E-state index in [1.807, 2.05) is 17.0 Å². The highest BCUT2D eigenvalue weighted by Gasteiger charge is 2.18. The SMILES string of the molecule is O=C1CCCN1CCCN=C(NCCCN1CCOCC1)NCCc1ccco1. The van der Waals surface area contributed by atoms with Crippen molar-refractivity contribution in [3.8, 4) is 0 Å². The number of nitrogens with zero attached hydrogens (tertiary/aromatic N) is 3. The van der Waals surface area contributed by atoms with Crippen molar-refractivity contribution in [1.82, 2.24) is 20.4 Å². The minimum Gasteiger partial charge on any atom is -0.469 e. The van der Waals surface area contributed by atoms with E-state index in [4.69, 9.17) is 14.1 Å². The third kappa shape index (κ3) is 8.06. The Hall–Kier alpha value is -2.06. The van der Waals surface area contributed by atoms with Gasteiger partial charge >= 0.3 is 0 Å². The van der Waals surface area contributed by atoms with E-state index in [1.54, 1.807) is 6.26 Å². The first-order chi connectivity index (χ1) is 14.3. The standard InChI is InChI=1S/C21H35N5O3/c27-20-6-1-12-26(20)13-4-9-23-21(24-10-7-19-5-2-16-29-19)22-8-3-11-25-14-17-28-18-15-25/h2,5,16H,1,3-4,6-15,17-18H2,(H2,22,23,24). The molecule has 3 heterocycles. The molecule has 3 rings (SSSR count). The molecule has 8 heteroatoms. The number of furan rings is 1. The maximum absolute atomic E-state index is 11.7. The van der Waals surface area contributed by atoms with Gasteiger partial charge in [0.2, 0.25) is 5.91 Å². The number of nitrogens with one attached hydrogen (secondary N) is 2. The lowest BCUT2D eigenvalue weighted by Gasteiger charge is -2.26. The molecule has 2 fully saturated rings. The van der Waals surface area contributed by atoms with Crippen LogP contribution in [0.2, 0.25) is 0 Å². The summed E-state index contributed by atoms with van der Waals surface area (Å²) >= 11 is 0. The molecule has 0 unspecified atom stereocenters. The second kappa shape index (κ2) is 12.5. The Labute approximate surface area is 173 Å². The summed E-state index contributed by atoms with van der Waals surface area (Å²) in [5.41, 5.74) is 0. The average Bonchev–Trinajstić information content (AvgIpc) is 3.40. The van der Waals surface area contributed by atoms with Crippen LogP contribution < -0.4 is 10.6 Å². The second-order valence-electron chi connectivity index (χ2n) is 7.56. The lowest BCUT2D eigenvalue weighted by Crippen LogP contribution is -2.41. The molecule has 162 valence electrons. The van der Waals surface area contributed by atoms with E-state index in [0.717, 1.165) is 96.4 Å². The van der Waals surface area contributed by atoms with Gasteiger partial charge in [-0.2, -0.15) is 0 Å². The van der Waals surface area contributed by atoms with Crippen LogP contribution in [-0.2, 0) is 16.0 Å². The molecule has 1 aromatic heterocycles. The summed E-state index contributed by atoms with van der Waals surface area (Å²) in [4.78, 5) is 20.8. The number of carbonyl (C=O) groups is 1. The van der Waals surface area contributed by atoms with Crippen LogP contribution in [0.1, 0.15) is 31.4 Å². The van der Waals surface area contributed by atoms with Gasteiger partial charge in [0.1, 0.15) is 5.76 Å². The molecule has 0 aromatic carbocycles. The number of hydrogen-bond acceptors (Lipinski definition) is 5. The van der Waals surface area contributed by atoms with Crippen LogP contribution in [0.25, 0.3) is 0 Å². The van der Waals surface area contributed by atoms with Gasteiger partial charge in [-0.3, -0.25) is 14.7 Å².